The van der Waals surface area contributed by atoms with Crippen LogP contribution in [-0.2, 0) is 4.79 Å². The van der Waals surface area contributed by atoms with E-state index in [4.69, 9.17) is 0 Å². The number of rotatable bonds is 1. The Morgan fingerprint density at radius 2 is 2.21 bits per heavy atom. The molecule has 0 aromatic heterocycles. The van der Waals surface area contributed by atoms with Crippen molar-refractivity contribution in [2.75, 3.05) is 6.54 Å². The standard InChI is InChI=1S/C12H17NO/c1-12(2)6-5-11(14)10(9-12)13-7-3-4-8-13/h3,7,9H,4-6,8H2,1-2H3. The fourth-order valence-corrected chi connectivity index (χ4v) is 2.02. The number of ketones is 1. The normalized spacial score (nSPS) is 25.4. The summed E-state index contributed by atoms with van der Waals surface area (Å²) in [5.41, 5.74) is 1.09. The van der Waals surface area contributed by atoms with Crippen LogP contribution in [0.25, 0.3) is 0 Å². The molecule has 0 bridgehead atoms. The molecule has 0 fully saturated rings. The highest BCUT2D eigenvalue weighted by molar-refractivity contribution is 5.96. The van der Waals surface area contributed by atoms with Gasteiger partial charge in [-0.15, -0.1) is 0 Å². The lowest BCUT2D eigenvalue weighted by molar-refractivity contribution is -0.117. The molecular weight excluding hydrogens is 174 g/mol. The monoisotopic (exact) mass is 191 g/mol. The van der Waals surface area contributed by atoms with Crippen LogP contribution in [0.1, 0.15) is 33.1 Å². The molecule has 0 saturated carbocycles. The molecular formula is C12H17NO. The van der Waals surface area contributed by atoms with Gasteiger partial charge in [0.15, 0.2) is 5.78 Å². The van der Waals surface area contributed by atoms with Gasteiger partial charge in [0.2, 0.25) is 0 Å². The molecule has 14 heavy (non-hydrogen) atoms. The first kappa shape index (κ1) is 9.50. The number of Topliss-reactive ketones (excluding diaryl/α,β-unsaturated/α-hetero) is 1. The smallest absolute Gasteiger partial charge is 0.178 e. The fourth-order valence-electron chi connectivity index (χ4n) is 2.02. The summed E-state index contributed by atoms with van der Waals surface area (Å²) in [6, 6.07) is 0. The van der Waals surface area contributed by atoms with Crippen molar-refractivity contribution in [3.8, 4) is 0 Å². The summed E-state index contributed by atoms with van der Waals surface area (Å²) in [4.78, 5) is 13.8. The Labute approximate surface area is 85.3 Å². The van der Waals surface area contributed by atoms with Crippen molar-refractivity contribution in [3.05, 3.63) is 24.0 Å². The number of hydrogen-bond acceptors (Lipinski definition) is 2. The van der Waals surface area contributed by atoms with Crippen LogP contribution < -0.4 is 0 Å². The number of hydrogen-bond donors (Lipinski definition) is 0. The highest BCUT2D eigenvalue weighted by atomic mass is 16.1. The predicted molar refractivity (Wildman–Crippen MR) is 56.6 cm³/mol. The Morgan fingerprint density at radius 3 is 2.86 bits per heavy atom. The molecule has 2 rings (SSSR count). The fraction of sp³-hybridized carbons (Fsp3) is 0.583. The lowest BCUT2D eigenvalue weighted by Gasteiger charge is -2.30. The van der Waals surface area contributed by atoms with E-state index in [2.05, 4.69) is 30.9 Å². The van der Waals surface area contributed by atoms with Crippen molar-refractivity contribution < 1.29 is 4.79 Å². The molecule has 0 amide bonds. The minimum atomic E-state index is 0.180. The summed E-state index contributed by atoms with van der Waals surface area (Å²) in [5.74, 6) is 0.302. The van der Waals surface area contributed by atoms with Gasteiger partial charge in [0.1, 0.15) is 0 Å². The molecule has 1 heterocycles. The van der Waals surface area contributed by atoms with E-state index in [1.807, 2.05) is 6.20 Å². The molecule has 1 aliphatic carbocycles. The first-order chi connectivity index (χ1) is 6.58. The largest absolute Gasteiger partial charge is 0.345 e. The van der Waals surface area contributed by atoms with Gasteiger partial charge in [-0.2, -0.15) is 0 Å². The van der Waals surface area contributed by atoms with Crippen molar-refractivity contribution in [1.82, 2.24) is 4.90 Å². The van der Waals surface area contributed by atoms with E-state index in [0.29, 0.717) is 12.2 Å². The molecule has 76 valence electrons. The second kappa shape index (κ2) is 3.26. The zero-order valence-corrected chi connectivity index (χ0v) is 8.92. The molecule has 1 aliphatic heterocycles. The minimum Gasteiger partial charge on any atom is -0.345 e. The average molecular weight is 191 g/mol. The van der Waals surface area contributed by atoms with Gasteiger partial charge in [0.05, 0.1) is 5.70 Å². The van der Waals surface area contributed by atoms with Crippen LogP contribution in [0.4, 0.5) is 0 Å². The van der Waals surface area contributed by atoms with E-state index >= 15 is 0 Å². The van der Waals surface area contributed by atoms with E-state index in [0.717, 1.165) is 25.1 Å². The van der Waals surface area contributed by atoms with Crippen molar-refractivity contribution in [2.45, 2.75) is 33.1 Å². The van der Waals surface area contributed by atoms with Gasteiger partial charge in [0.25, 0.3) is 0 Å². The first-order valence-electron chi connectivity index (χ1n) is 5.28. The van der Waals surface area contributed by atoms with Crippen LogP contribution in [0.5, 0.6) is 0 Å². The first-order valence-corrected chi connectivity index (χ1v) is 5.28. The lowest BCUT2D eigenvalue weighted by Crippen LogP contribution is -2.28. The zero-order valence-electron chi connectivity index (χ0n) is 8.92. The number of carbonyl (C=O) groups is 1. The number of nitrogens with zero attached hydrogens (tertiary/aromatic N) is 1. The Hall–Kier alpha value is -1.05. The van der Waals surface area contributed by atoms with E-state index in [1.54, 1.807) is 0 Å². The maximum Gasteiger partial charge on any atom is 0.178 e. The van der Waals surface area contributed by atoms with E-state index < -0.39 is 0 Å². The Bertz CT molecular complexity index is 312. The van der Waals surface area contributed by atoms with Gasteiger partial charge >= 0.3 is 0 Å². The Balaban J connectivity index is 2.26. The second-order valence-electron chi connectivity index (χ2n) is 4.81. The third-order valence-electron chi connectivity index (χ3n) is 2.94. The summed E-state index contributed by atoms with van der Waals surface area (Å²) < 4.78 is 0. The predicted octanol–water partition coefficient (Wildman–Crippen LogP) is 2.48. The maximum atomic E-state index is 11.7. The van der Waals surface area contributed by atoms with Gasteiger partial charge in [0, 0.05) is 19.2 Å². The van der Waals surface area contributed by atoms with Gasteiger partial charge < -0.3 is 4.90 Å². The van der Waals surface area contributed by atoms with E-state index in [1.165, 1.54) is 0 Å². The molecule has 2 nitrogen and oxygen atoms in total. The van der Waals surface area contributed by atoms with Crippen molar-refractivity contribution >= 4 is 5.78 Å². The van der Waals surface area contributed by atoms with Gasteiger partial charge in [-0.1, -0.05) is 26.0 Å². The van der Waals surface area contributed by atoms with Crippen LogP contribution >= 0.6 is 0 Å². The molecule has 0 radical (unpaired) electrons. The Kier molecular flexibility index (Phi) is 2.22. The molecule has 0 aromatic rings. The zero-order chi connectivity index (χ0) is 10.2. The number of carbonyl (C=O) groups excluding carboxylic acids is 1. The molecule has 0 spiro atoms. The molecule has 2 aliphatic rings. The third-order valence-corrected chi connectivity index (χ3v) is 2.94. The Morgan fingerprint density at radius 1 is 1.43 bits per heavy atom. The van der Waals surface area contributed by atoms with Crippen molar-refractivity contribution in [1.29, 1.82) is 0 Å². The highest BCUT2D eigenvalue weighted by Gasteiger charge is 2.28. The minimum absolute atomic E-state index is 0.180. The summed E-state index contributed by atoms with van der Waals surface area (Å²) >= 11 is 0. The lowest BCUT2D eigenvalue weighted by atomic mass is 9.81. The summed E-state index contributed by atoms with van der Waals surface area (Å²) in [6.45, 7) is 5.35. The molecule has 0 unspecified atom stereocenters. The third kappa shape index (κ3) is 1.74. The quantitative estimate of drug-likeness (QED) is 0.634. The van der Waals surface area contributed by atoms with Crippen molar-refractivity contribution in [2.24, 2.45) is 5.41 Å². The van der Waals surface area contributed by atoms with Crippen LogP contribution in [0.2, 0.25) is 0 Å². The van der Waals surface area contributed by atoms with Gasteiger partial charge in [-0.05, 0) is 18.3 Å². The van der Waals surface area contributed by atoms with Crippen LogP contribution in [0.3, 0.4) is 0 Å². The van der Waals surface area contributed by atoms with Crippen LogP contribution in [0.15, 0.2) is 24.0 Å². The molecule has 0 atom stereocenters. The summed E-state index contributed by atoms with van der Waals surface area (Å²) in [5, 5.41) is 0. The van der Waals surface area contributed by atoms with Gasteiger partial charge in [-0.25, -0.2) is 0 Å². The van der Waals surface area contributed by atoms with Crippen LogP contribution in [0, 0.1) is 5.41 Å². The molecule has 0 N–H and O–H groups in total. The van der Waals surface area contributed by atoms with Crippen LogP contribution in [-0.4, -0.2) is 17.2 Å². The van der Waals surface area contributed by atoms with E-state index in [-0.39, 0.29) is 5.41 Å². The van der Waals surface area contributed by atoms with Crippen molar-refractivity contribution in [3.63, 3.8) is 0 Å². The molecule has 0 aromatic carbocycles. The maximum absolute atomic E-state index is 11.7. The van der Waals surface area contributed by atoms with Gasteiger partial charge in [-0.3, -0.25) is 4.79 Å². The topological polar surface area (TPSA) is 20.3 Å². The SMILES string of the molecule is CC1(C)C=C(N2C=CCC2)C(=O)CC1. The second-order valence-corrected chi connectivity index (χ2v) is 4.81. The average Bonchev–Trinajstić information content (AvgIpc) is 2.62. The molecule has 0 saturated heterocycles. The highest BCUT2D eigenvalue weighted by Crippen LogP contribution is 2.33. The summed E-state index contributed by atoms with van der Waals surface area (Å²) in [6.07, 6.45) is 9.02. The van der Waals surface area contributed by atoms with E-state index in [9.17, 15) is 4.79 Å². The number of allylic oxidation sites excluding steroid dienone is 2. The molecule has 2 heteroatoms. The summed E-state index contributed by atoms with van der Waals surface area (Å²) in [7, 11) is 0.